The number of amides is 1. The molecule has 0 saturated heterocycles. The summed E-state index contributed by atoms with van der Waals surface area (Å²) < 4.78 is 0.0783. The minimum atomic E-state index is -0.366. The lowest BCUT2D eigenvalue weighted by Crippen LogP contribution is -2.45. The lowest BCUT2D eigenvalue weighted by molar-refractivity contribution is -0.122. The fourth-order valence-electron chi connectivity index (χ4n) is 0.879. The van der Waals surface area contributed by atoms with Gasteiger partial charge in [0.05, 0.1) is 6.04 Å². The lowest BCUT2D eigenvalue weighted by atomic mass is 10.2. The first-order valence-corrected chi connectivity index (χ1v) is 7.62. The molecule has 0 aromatic carbocycles. The summed E-state index contributed by atoms with van der Waals surface area (Å²) in [4.78, 5) is 11.6. The monoisotopic (exact) mass is 250 g/mol. The summed E-state index contributed by atoms with van der Waals surface area (Å²) in [5.41, 5.74) is 5.74. The fraction of sp³-hybridized carbons (Fsp3) is 0.900. The van der Waals surface area contributed by atoms with Crippen LogP contribution in [0.4, 0.5) is 0 Å². The van der Waals surface area contributed by atoms with E-state index in [1.54, 1.807) is 23.5 Å². The molecule has 0 heterocycles. The second kappa shape index (κ2) is 7.41. The average Bonchev–Trinajstić information content (AvgIpc) is 2.22. The van der Waals surface area contributed by atoms with Gasteiger partial charge < -0.3 is 11.1 Å². The molecule has 0 spiro atoms. The summed E-state index contributed by atoms with van der Waals surface area (Å²) in [6.07, 6.45) is 4.80. The summed E-state index contributed by atoms with van der Waals surface area (Å²) in [5, 5.41) is 2.89. The average molecular weight is 250 g/mol. The van der Waals surface area contributed by atoms with Crippen LogP contribution in [0.3, 0.4) is 0 Å². The molecule has 0 aliphatic heterocycles. The minimum Gasteiger partial charge on any atom is -0.353 e. The molecular formula is C10H22N2OS2. The van der Waals surface area contributed by atoms with Crippen LogP contribution in [-0.4, -0.2) is 41.5 Å². The maximum Gasteiger partial charge on any atom is 0.236 e. The molecule has 0 aliphatic carbocycles. The number of thioether (sulfide) groups is 2. The van der Waals surface area contributed by atoms with E-state index in [1.165, 1.54) is 0 Å². The summed E-state index contributed by atoms with van der Waals surface area (Å²) in [6, 6.07) is -0.366. The molecule has 0 saturated carbocycles. The fourth-order valence-corrected chi connectivity index (χ4v) is 1.59. The molecular weight excluding hydrogens is 228 g/mol. The highest BCUT2D eigenvalue weighted by atomic mass is 32.2. The Bertz CT molecular complexity index is 198. The summed E-state index contributed by atoms with van der Waals surface area (Å²) in [6.45, 7) is 4.87. The number of rotatable bonds is 7. The van der Waals surface area contributed by atoms with Crippen molar-refractivity contribution in [3.8, 4) is 0 Å². The Morgan fingerprint density at radius 1 is 1.47 bits per heavy atom. The van der Waals surface area contributed by atoms with Crippen molar-refractivity contribution in [3.05, 3.63) is 0 Å². The van der Waals surface area contributed by atoms with Crippen LogP contribution in [0.2, 0.25) is 0 Å². The van der Waals surface area contributed by atoms with E-state index in [0.717, 1.165) is 12.2 Å². The number of carbonyl (C=O) groups is 1. The predicted octanol–water partition coefficient (Wildman–Crippen LogP) is 1.32. The molecule has 1 atom stereocenters. The second-order valence-electron chi connectivity index (χ2n) is 4.07. The van der Waals surface area contributed by atoms with E-state index >= 15 is 0 Å². The molecule has 3 N–H and O–H groups in total. The van der Waals surface area contributed by atoms with Crippen LogP contribution in [0.25, 0.3) is 0 Å². The van der Waals surface area contributed by atoms with Crippen molar-refractivity contribution in [1.82, 2.24) is 5.32 Å². The van der Waals surface area contributed by atoms with Crippen LogP contribution in [0.15, 0.2) is 0 Å². The smallest absolute Gasteiger partial charge is 0.236 e. The van der Waals surface area contributed by atoms with Crippen LogP contribution < -0.4 is 11.1 Å². The normalized spacial score (nSPS) is 13.7. The van der Waals surface area contributed by atoms with Gasteiger partial charge in [-0.2, -0.15) is 23.5 Å². The van der Waals surface area contributed by atoms with Gasteiger partial charge in [0.2, 0.25) is 5.91 Å². The van der Waals surface area contributed by atoms with E-state index in [-0.39, 0.29) is 16.7 Å². The van der Waals surface area contributed by atoms with Gasteiger partial charge in [-0.15, -0.1) is 0 Å². The van der Waals surface area contributed by atoms with Crippen molar-refractivity contribution in [1.29, 1.82) is 0 Å². The van der Waals surface area contributed by atoms with Crippen LogP contribution >= 0.6 is 23.5 Å². The first-order valence-electron chi connectivity index (χ1n) is 5.00. The molecule has 0 unspecified atom stereocenters. The molecule has 5 heteroatoms. The van der Waals surface area contributed by atoms with Gasteiger partial charge in [-0.3, -0.25) is 4.79 Å². The Morgan fingerprint density at radius 2 is 2.07 bits per heavy atom. The lowest BCUT2D eigenvalue weighted by Gasteiger charge is -2.23. The third-order valence-electron chi connectivity index (χ3n) is 2.21. The molecule has 0 radical (unpaired) electrons. The van der Waals surface area contributed by atoms with Crippen LogP contribution in [0.1, 0.15) is 20.3 Å². The van der Waals surface area contributed by atoms with Crippen molar-refractivity contribution in [3.63, 3.8) is 0 Å². The van der Waals surface area contributed by atoms with Crippen molar-refractivity contribution in [2.75, 3.05) is 24.8 Å². The quantitative estimate of drug-likeness (QED) is 0.715. The Labute approximate surface area is 101 Å². The third kappa shape index (κ3) is 7.09. The van der Waals surface area contributed by atoms with Crippen molar-refractivity contribution in [2.45, 2.75) is 31.1 Å². The van der Waals surface area contributed by atoms with E-state index in [4.69, 9.17) is 5.73 Å². The van der Waals surface area contributed by atoms with Gasteiger partial charge in [-0.05, 0) is 38.5 Å². The Hall–Kier alpha value is 0.130. The van der Waals surface area contributed by atoms with Gasteiger partial charge in [0.15, 0.2) is 0 Å². The van der Waals surface area contributed by atoms with Gasteiger partial charge in [0.1, 0.15) is 0 Å². The Morgan fingerprint density at radius 3 is 2.53 bits per heavy atom. The maximum absolute atomic E-state index is 11.6. The topological polar surface area (TPSA) is 55.1 Å². The highest BCUT2D eigenvalue weighted by molar-refractivity contribution is 8.00. The zero-order valence-electron chi connectivity index (χ0n) is 10.0. The molecule has 90 valence electrons. The van der Waals surface area contributed by atoms with E-state index in [2.05, 4.69) is 19.2 Å². The molecule has 1 amide bonds. The van der Waals surface area contributed by atoms with Gasteiger partial charge in [0, 0.05) is 11.3 Å². The first-order chi connectivity index (χ1) is 6.93. The highest BCUT2D eigenvalue weighted by Crippen LogP contribution is 2.19. The molecule has 15 heavy (non-hydrogen) atoms. The van der Waals surface area contributed by atoms with E-state index in [1.807, 2.05) is 12.5 Å². The zero-order chi connectivity index (χ0) is 11.9. The first kappa shape index (κ1) is 15.1. The van der Waals surface area contributed by atoms with E-state index in [9.17, 15) is 4.79 Å². The Kier molecular flexibility index (Phi) is 7.48. The standard InChI is InChI=1S/C10H22N2OS2/c1-10(2,15-4)7-12-9(13)8(11)5-6-14-3/h8H,5-7,11H2,1-4H3,(H,12,13)/t8-/m0/s1. The Balaban J connectivity index is 3.82. The van der Waals surface area contributed by atoms with E-state index in [0.29, 0.717) is 6.54 Å². The summed E-state index contributed by atoms with van der Waals surface area (Å²) in [7, 11) is 0. The van der Waals surface area contributed by atoms with Gasteiger partial charge in [-0.1, -0.05) is 0 Å². The minimum absolute atomic E-state index is 0.0359. The van der Waals surface area contributed by atoms with Crippen LogP contribution in [0.5, 0.6) is 0 Å². The number of hydrogen-bond donors (Lipinski definition) is 2. The van der Waals surface area contributed by atoms with Gasteiger partial charge in [-0.25, -0.2) is 0 Å². The van der Waals surface area contributed by atoms with Gasteiger partial charge >= 0.3 is 0 Å². The molecule has 0 aromatic rings. The number of nitrogens with one attached hydrogen (secondary N) is 1. The van der Waals surface area contributed by atoms with Crippen LogP contribution in [0, 0.1) is 0 Å². The number of hydrogen-bond acceptors (Lipinski definition) is 4. The molecule has 0 aromatic heterocycles. The molecule has 0 rings (SSSR count). The third-order valence-corrected chi connectivity index (χ3v) is 4.10. The number of nitrogens with two attached hydrogens (primary N) is 1. The van der Waals surface area contributed by atoms with E-state index < -0.39 is 0 Å². The maximum atomic E-state index is 11.6. The summed E-state index contributed by atoms with van der Waals surface area (Å²) in [5.74, 6) is 0.895. The summed E-state index contributed by atoms with van der Waals surface area (Å²) >= 11 is 3.45. The van der Waals surface area contributed by atoms with Crippen molar-refractivity contribution < 1.29 is 4.79 Å². The second-order valence-corrected chi connectivity index (χ2v) is 6.57. The largest absolute Gasteiger partial charge is 0.353 e. The zero-order valence-corrected chi connectivity index (χ0v) is 11.6. The predicted molar refractivity (Wildman–Crippen MR) is 71.6 cm³/mol. The highest BCUT2D eigenvalue weighted by Gasteiger charge is 2.19. The molecule has 3 nitrogen and oxygen atoms in total. The van der Waals surface area contributed by atoms with Crippen molar-refractivity contribution >= 4 is 29.4 Å². The molecule has 0 bridgehead atoms. The molecule has 0 aliphatic rings. The van der Waals surface area contributed by atoms with Crippen molar-refractivity contribution in [2.24, 2.45) is 5.73 Å². The SMILES string of the molecule is CSCC[C@H](N)C(=O)NCC(C)(C)SC. The van der Waals surface area contributed by atoms with Gasteiger partial charge in [0.25, 0.3) is 0 Å². The molecule has 0 fully saturated rings. The van der Waals surface area contributed by atoms with Crippen LogP contribution in [-0.2, 0) is 4.79 Å². The number of carbonyl (C=O) groups excluding carboxylic acids is 1.